The van der Waals surface area contributed by atoms with Crippen molar-refractivity contribution in [1.29, 1.82) is 0 Å². The van der Waals surface area contributed by atoms with Gasteiger partial charge in [-0.25, -0.2) is 4.79 Å². The number of nitrogens with one attached hydrogen (secondary N) is 2. The van der Waals surface area contributed by atoms with Crippen LogP contribution in [0.25, 0.3) is 0 Å². The lowest BCUT2D eigenvalue weighted by Crippen LogP contribution is -2.59. The Morgan fingerprint density at radius 1 is 1.06 bits per heavy atom. The van der Waals surface area contributed by atoms with E-state index in [2.05, 4.69) is 10.6 Å². The molecule has 0 bridgehead atoms. The predicted molar refractivity (Wildman–Crippen MR) is 189 cm³/mol. The van der Waals surface area contributed by atoms with Crippen LogP contribution in [0.1, 0.15) is 65.9 Å². The summed E-state index contributed by atoms with van der Waals surface area (Å²) < 4.78 is 16.9. The highest BCUT2D eigenvalue weighted by atomic mass is 16.6. The summed E-state index contributed by atoms with van der Waals surface area (Å²) in [7, 11) is 6.29. The molecule has 5 amide bonds. The summed E-state index contributed by atoms with van der Waals surface area (Å²) in [5.41, 5.74) is 1.14. The minimum atomic E-state index is -0.873. The maximum absolute atomic E-state index is 14.1. The van der Waals surface area contributed by atoms with Crippen molar-refractivity contribution in [2.75, 3.05) is 48.0 Å². The molecule has 2 N–H and O–H groups in total. The Labute approximate surface area is 297 Å². The van der Waals surface area contributed by atoms with Crippen LogP contribution in [0.3, 0.4) is 0 Å². The Morgan fingerprint density at radius 3 is 2.30 bits per heavy atom. The van der Waals surface area contributed by atoms with E-state index in [9.17, 15) is 24.0 Å². The zero-order valence-corrected chi connectivity index (χ0v) is 31.3. The van der Waals surface area contributed by atoms with Crippen LogP contribution in [0, 0.1) is 17.8 Å². The minimum Gasteiger partial charge on any atom is -0.447 e. The normalized spacial score (nSPS) is 21.2. The molecule has 0 unspecified atom stereocenters. The van der Waals surface area contributed by atoms with Gasteiger partial charge >= 0.3 is 6.09 Å². The van der Waals surface area contributed by atoms with Crippen LogP contribution >= 0.6 is 0 Å². The summed E-state index contributed by atoms with van der Waals surface area (Å²) in [6.07, 6.45) is 1.23. The van der Waals surface area contributed by atoms with Crippen LogP contribution in [-0.2, 0) is 39.8 Å². The molecule has 0 aromatic heterocycles. The van der Waals surface area contributed by atoms with E-state index in [1.54, 1.807) is 26.2 Å². The maximum atomic E-state index is 14.1. The number of nitrogens with zero attached hydrogens (tertiary/aromatic N) is 3. The molecule has 8 atom stereocenters. The largest absolute Gasteiger partial charge is 0.447 e. The summed E-state index contributed by atoms with van der Waals surface area (Å²) in [4.78, 5) is 70.9. The SMILES string of the molecule is CC[C@H](C)[C@@H]([C@@H](CC(=O)N1CCC[C@H]1[C@H](OC)[C@@H](C)C(=O)NCCc1ccccc1)OC)N(C)C(=O)[C@@H](NC(=O)[C@@H]1COC(=O)N1C)C(C)C. The Balaban J connectivity index is 1.71. The molecule has 1 aromatic carbocycles. The van der Waals surface area contributed by atoms with Crippen LogP contribution in [0.15, 0.2) is 30.3 Å². The van der Waals surface area contributed by atoms with Gasteiger partial charge in [0.25, 0.3) is 0 Å². The van der Waals surface area contributed by atoms with E-state index in [0.29, 0.717) is 19.5 Å². The number of carbonyl (C=O) groups excluding carboxylic acids is 5. The second-order valence-electron chi connectivity index (χ2n) is 14.0. The van der Waals surface area contributed by atoms with Crippen molar-refractivity contribution >= 4 is 29.7 Å². The van der Waals surface area contributed by atoms with E-state index in [1.165, 1.54) is 11.9 Å². The monoisotopic (exact) mass is 701 g/mol. The number of hydrogen-bond donors (Lipinski definition) is 2. The molecule has 2 aliphatic rings. The third kappa shape index (κ3) is 9.96. The van der Waals surface area contributed by atoms with Gasteiger partial charge in [0.2, 0.25) is 23.6 Å². The zero-order chi connectivity index (χ0) is 37.1. The summed E-state index contributed by atoms with van der Waals surface area (Å²) in [6, 6.07) is 7.49. The standard InChI is InChI=1S/C37H59N5O8/c1-10-24(4)32(41(7)36(46)31(23(2)3)39-35(45)28-22-50-37(47)40(28)6)29(48-8)21-30(43)42-20-14-17-27(42)33(49-9)25(5)34(44)38-19-18-26-15-12-11-13-16-26/h11-13,15-16,23-25,27-29,31-33H,10,14,17-22H2,1-9H3,(H,38,44)(H,39,45)/t24-,25+,27-,28-,29+,31-,32-,33+/m0/s1. The highest BCUT2D eigenvalue weighted by Gasteiger charge is 2.43. The Morgan fingerprint density at radius 2 is 1.74 bits per heavy atom. The molecular weight excluding hydrogens is 642 g/mol. The van der Waals surface area contributed by atoms with E-state index in [1.807, 2.05) is 69.9 Å². The number of rotatable bonds is 18. The molecule has 0 aliphatic carbocycles. The van der Waals surface area contributed by atoms with Crippen molar-refractivity contribution in [2.45, 2.75) is 103 Å². The molecule has 2 saturated heterocycles. The van der Waals surface area contributed by atoms with Gasteiger partial charge in [-0.05, 0) is 36.7 Å². The van der Waals surface area contributed by atoms with Crippen molar-refractivity contribution < 1.29 is 38.2 Å². The molecule has 3 rings (SSSR count). The van der Waals surface area contributed by atoms with Gasteiger partial charge < -0.3 is 34.6 Å². The lowest BCUT2D eigenvalue weighted by Gasteiger charge is -2.41. The molecule has 0 saturated carbocycles. The van der Waals surface area contributed by atoms with Crippen molar-refractivity contribution in [1.82, 2.24) is 25.3 Å². The van der Waals surface area contributed by atoms with Gasteiger partial charge in [0.1, 0.15) is 18.7 Å². The molecule has 2 fully saturated rings. The molecule has 50 heavy (non-hydrogen) atoms. The first kappa shape index (κ1) is 40.7. The molecular formula is C37H59N5O8. The lowest BCUT2D eigenvalue weighted by atomic mass is 9.89. The molecule has 0 spiro atoms. The lowest BCUT2D eigenvalue weighted by molar-refractivity contribution is -0.147. The number of likely N-dealkylation sites (tertiary alicyclic amines) is 1. The number of cyclic esters (lactones) is 1. The minimum absolute atomic E-state index is 0.0265. The molecule has 0 radical (unpaired) electrons. The molecule has 280 valence electrons. The summed E-state index contributed by atoms with van der Waals surface area (Å²) >= 11 is 0. The maximum Gasteiger partial charge on any atom is 0.410 e. The van der Waals surface area contributed by atoms with Gasteiger partial charge in [-0.2, -0.15) is 0 Å². The predicted octanol–water partition coefficient (Wildman–Crippen LogP) is 2.86. The van der Waals surface area contributed by atoms with Gasteiger partial charge in [0.05, 0.1) is 36.6 Å². The first-order valence-electron chi connectivity index (χ1n) is 17.9. The van der Waals surface area contributed by atoms with Crippen molar-refractivity contribution in [2.24, 2.45) is 17.8 Å². The summed E-state index contributed by atoms with van der Waals surface area (Å²) in [5.74, 6) is -1.82. The van der Waals surface area contributed by atoms with Gasteiger partial charge in [-0.1, -0.05) is 71.4 Å². The van der Waals surface area contributed by atoms with Gasteiger partial charge in [0, 0.05) is 41.4 Å². The molecule has 2 heterocycles. The van der Waals surface area contributed by atoms with E-state index in [4.69, 9.17) is 14.2 Å². The van der Waals surface area contributed by atoms with Crippen molar-refractivity contribution in [3.8, 4) is 0 Å². The summed E-state index contributed by atoms with van der Waals surface area (Å²) in [6.45, 7) is 10.5. The number of amides is 5. The van der Waals surface area contributed by atoms with E-state index < -0.39 is 48.3 Å². The second kappa shape index (κ2) is 19.1. The van der Waals surface area contributed by atoms with E-state index in [0.717, 1.165) is 24.8 Å². The van der Waals surface area contributed by atoms with Crippen molar-refractivity contribution in [3.05, 3.63) is 35.9 Å². The Hall–Kier alpha value is -3.71. The number of benzene rings is 1. The number of methoxy groups -OCH3 is 2. The number of ether oxygens (including phenoxy) is 3. The Bertz CT molecular complexity index is 1300. The first-order valence-corrected chi connectivity index (χ1v) is 17.9. The summed E-state index contributed by atoms with van der Waals surface area (Å²) in [5, 5.41) is 5.87. The van der Waals surface area contributed by atoms with Crippen LogP contribution in [-0.4, -0.2) is 129 Å². The van der Waals surface area contributed by atoms with E-state index in [-0.39, 0.29) is 48.6 Å². The van der Waals surface area contributed by atoms with Crippen molar-refractivity contribution in [3.63, 3.8) is 0 Å². The second-order valence-corrected chi connectivity index (χ2v) is 14.0. The van der Waals surface area contributed by atoms with Crippen LogP contribution < -0.4 is 10.6 Å². The van der Waals surface area contributed by atoms with Gasteiger partial charge in [0.15, 0.2) is 0 Å². The molecule has 1 aromatic rings. The number of likely N-dealkylation sites (N-methyl/N-ethyl adjacent to an activating group) is 2. The third-order valence-corrected chi connectivity index (χ3v) is 10.5. The average molecular weight is 702 g/mol. The highest BCUT2D eigenvalue weighted by Crippen LogP contribution is 2.29. The Kier molecular flexibility index (Phi) is 15.5. The smallest absolute Gasteiger partial charge is 0.410 e. The van der Waals surface area contributed by atoms with Gasteiger partial charge in [-0.15, -0.1) is 0 Å². The fourth-order valence-electron chi connectivity index (χ4n) is 7.17. The zero-order valence-electron chi connectivity index (χ0n) is 31.3. The van der Waals surface area contributed by atoms with Crippen LogP contribution in [0.5, 0.6) is 0 Å². The van der Waals surface area contributed by atoms with Crippen LogP contribution in [0.4, 0.5) is 4.79 Å². The van der Waals surface area contributed by atoms with E-state index >= 15 is 0 Å². The molecule has 13 heteroatoms. The number of carbonyl (C=O) groups is 5. The third-order valence-electron chi connectivity index (χ3n) is 10.5. The quantitative estimate of drug-likeness (QED) is 0.238. The van der Waals surface area contributed by atoms with Crippen LogP contribution in [0.2, 0.25) is 0 Å². The fourth-order valence-corrected chi connectivity index (χ4v) is 7.17. The topological polar surface area (TPSA) is 147 Å². The number of hydrogen-bond acceptors (Lipinski definition) is 8. The highest BCUT2D eigenvalue weighted by molar-refractivity contribution is 5.92. The molecule has 2 aliphatic heterocycles. The van der Waals surface area contributed by atoms with Gasteiger partial charge in [-0.3, -0.25) is 24.1 Å². The fraction of sp³-hybridized carbons (Fsp3) is 0.703. The molecule has 13 nitrogen and oxygen atoms in total. The average Bonchev–Trinajstić information content (AvgIpc) is 3.72. The first-order chi connectivity index (χ1) is 23.8.